The maximum absolute atomic E-state index is 12.7. The molecule has 0 saturated heterocycles. The van der Waals surface area contributed by atoms with Gasteiger partial charge in [0, 0.05) is 5.69 Å². The molecule has 0 aliphatic rings. The summed E-state index contributed by atoms with van der Waals surface area (Å²) < 4.78 is 43.6. The number of carbonyl (C=O) groups excluding carboxylic acids is 1. The van der Waals surface area contributed by atoms with Crippen molar-refractivity contribution in [2.24, 2.45) is 0 Å². The van der Waals surface area contributed by atoms with Crippen LogP contribution in [0.3, 0.4) is 0 Å². The summed E-state index contributed by atoms with van der Waals surface area (Å²) in [7, 11) is 0. The van der Waals surface area contributed by atoms with Gasteiger partial charge in [-0.15, -0.1) is 0 Å². The molecule has 0 fully saturated rings. The zero-order chi connectivity index (χ0) is 16.9. The van der Waals surface area contributed by atoms with Crippen molar-refractivity contribution in [3.8, 4) is 5.75 Å². The number of ether oxygens (including phenoxy) is 1. The Bertz CT molecular complexity index is 675. The first-order valence-corrected chi connectivity index (χ1v) is 7.08. The highest BCUT2D eigenvalue weighted by molar-refractivity contribution is 6.31. The fraction of sp³-hybridized carbons (Fsp3) is 0.188. The molecule has 0 unspecified atom stereocenters. The highest BCUT2D eigenvalue weighted by Crippen LogP contribution is 2.36. The van der Waals surface area contributed by atoms with Crippen molar-refractivity contribution in [1.29, 1.82) is 0 Å². The first-order valence-electron chi connectivity index (χ1n) is 6.71. The fourth-order valence-corrected chi connectivity index (χ4v) is 2.05. The molecule has 0 radical (unpaired) electrons. The number of rotatable bonds is 5. The van der Waals surface area contributed by atoms with Gasteiger partial charge in [0.05, 0.1) is 23.6 Å². The van der Waals surface area contributed by atoms with Gasteiger partial charge in [-0.2, -0.15) is 13.2 Å². The number of halogens is 4. The molecule has 1 amide bonds. The Hall–Kier alpha value is -2.21. The van der Waals surface area contributed by atoms with Crippen LogP contribution in [0.1, 0.15) is 12.0 Å². The van der Waals surface area contributed by atoms with E-state index in [2.05, 4.69) is 5.32 Å². The molecular weight excluding hydrogens is 331 g/mol. The van der Waals surface area contributed by atoms with E-state index in [4.69, 9.17) is 16.3 Å². The number of carbonyl (C=O) groups is 1. The average molecular weight is 344 g/mol. The normalized spacial score (nSPS) is 11.1. The van der Waals surface area contributed by atoms with E-state index in [0.29, 0.717) is 5.75 Å². The topological polar surface area (TPSA) is 38.3 Å². The van der Waals surface area contributed by atoms with Crippen LogP contribution in [0.15, 0.2) is 48.5 Å². The van der Waals surface area contributed by atoms with Gasteiger partial charge >= 0.3 is 6.18 Å². The molecule has 0 heterocycles. The van der Waals surface area contributed by atoms with Gasteiger partial charge in [-0.3, -0.25) is 4.79 Å². The number of hydrogen-bond acceptors (Lipinski definition) is 2. The van der Waals surface area contributed by atoms with Crippen molar-refractivity contribution in [1.82, 2.24) is 0 Å². The lowest BCUT2D eigenvalue weighted by Gasteiger charge is -2.12. The van der Waals surface area contributed by atoms with E-state index in [1.807, 2.05) is 6.07 Å². The van der Waals surface area contributed by atoms with Crippen LogP contribution < -0.4 is 10.1 Å². The van der Waals surface area contributed by atoms with E-state index >= 15 is 0 Å². The summed E-state index contributed by atoms with van der Waals surface area (Å²) in [5.41, 5.74) is -0.955. The Balaban J connectivity index is 1.90. The Morgan fingerprint density at radius 2 is 1.83 bits per heavy atom. The molecule has 0 saturated carbocycles. The van der Waals surface area contributed by atoms with E-state index in [1.54, 1.807) is 24.3 Å². The molecule has 0 aromatic heterocycles. The molecule has 0 bridgehead atoms. The predicted molar refractivity (Wildman–Crippen MR) is 81.6 cm³/mol. The smallest absolute Gasteiger partial charge is 0.417 e. The van der Waals surface area contributed by atoms with Crippen molar-refractivity contribution in [2.75, 3.05) is 11.9 Å². The lowest BCUT2D eigenvalue weighted by Crippen LogP contribution is -2.16. The van der Waals surface area contributed by atoms with Gasteiger partial charge in [0.15, 0.2) is 0 Å². The summed E-state index contributed by atoms with van der Waals surface area (Å²) >= 11 is 5.52. The van der Waals surface area contributed by atoms with Crippen LogP contribution in [0.2, 0.25) is 5.02 Å². The average Bonchev–Trinajstić information content (AvgIpc) is 2.49. The van der Waals surface area contributed by atoms with E-state index in [0.717, 1.165) is 12.1 Å². The number of anilines is 1. The fourth-order valence-electron chi connectivity index (χ4n) is 1.82. The molecule has 2 aromatic rings. The Morgan fingerprint density at radius 1 is 1.13 bits per heavy atom. The molecule has 2 aromatic carbocycles. The summed E-state index contributed by atoms with van der Waals surface area (Å²) in [5, 5.41) is 1.98. The zero-order valence-corrected chi connectivity index (χ0v) is 12.6. The molecule has 7 heteroatoms. The van der Waals surface area contributed by atoms with Crippen LogP contribution in [0, 0.1) is 0 Å². The molecule has 2 rings (SSSR count). The van der Waals surface area contributed by atoms with Crippen LogP contribution in [0.25, 0.3) is 0 Å². The maximum atomic E-state index is 12.7. The van der Waals surface area contributed by atoms with Gasteiger partial charge in [-0.05, 0) is 30.3 Å². The highest BCUT2D eigenvalue weighted by Gasteiger charge is 2.33. The molecule has 0 aliphatic heterocycles. The molecule has 0 spiro atoms. The van der Waals surface area contributed by atoms with Crippen molar-refractivity contribution in [3.05, 3.63) is 59.1 Å². The van der Waals surface area contributed by atoms with Crippen LogP contribution in [0.5, 0.6) is 5.75 Å². The van der Waals surface area contributed by atoms with Gasteiger partial charge in [0.2, 0.25) is 5.91 Å². The second kappa shape index (κ2) is 7.37. The maximum Gasteiger partial charge on any atom is 0.417 e. The van der Waals surface area contributed by atoms with Crippen molar-refractivity contribution < 1.29 is 22.7 Å². The first kappa shape index (κ1) is 17.1. The Morgan fingerprint density at radius 3 is 2.48 bits per heavy atom. The minimum atomic E-state index is -4.58. The predicted octanol–water partition coefficient (Wildman–Crippen LogP) is 4.77. The number of alkyl halides is 3. The molecule has 0 atom stereocenters. The van der Waals surface area contributed by atoms with Gasteiger partial charge in [0.25, 0.3) is 0 Å². The second-order valence-electron chi connectivity index (χ2n) is 4.65. The number of para-hydroxylation sites is 1. The molecule has 122 valence electrons. The van der Waals surface area contributed by atoms with E-state index in [1.165, 1.54) is 6.07 Å². The largest absolute Gasteiger partial charge is 0.493 e. The van der Waals surface area contributed by atoms with Crippen LogP contribution >= 0.6 is 11.6 Å². The molecule has 0 aliphatic carbocycles. The van der Waals surface area contributed by atoms with E-state index < -0.39 is 22.7 Å². The third-order valence-corrected chi connectivity index (χ3v) is 3.23. The summed E-state index contributed by atoms with van der Waals surface area (Å²) in [6.07, 6.45) is -4.56. The monoisotopic (exact) mass is 343 g/mol. The minimum Gasteiger partial charge on any atom is -0.493 e. The van der Waals surface area contributed by atoms with Crippen molar-refractivity contribution in [2.45, 2.75) is 12.6 Å². The summed E-state index contributed by atoms with van der Waals surface area (Å²) in [6.45, 7) is 0.121. The van der Waals surface area contributed by atoms with Gasteiger partial charge in [-0.1, -0.05) is 29.8 Å². The lowest BCUT2D eigenvalue weighted by molar-refractivity contribution is -0.137. The van der Waals surface area contributed by atoms with Crippen LogP contribution in [-0.4, -0.2) is 12.5 Å². The summed E-state index contributed by atoms with van der Waals surface area (Å²) in [6, 6.07) is 12.1. The summed E-state index contributed by atoms with van der Waals surface area (Å²) in [4.78, 5) is 11.7. The third kappa shape index (κ3) is 5.17. The van der Waals surface area contributed by atoms with Crippen LogP contribution in [-0.2, 0) is 11.0 Å². The zero-order valence-electron chi connectivity index (χ0n) is 11.9. The number of benzene rings is 2. The SMILES string of the molecule is O=C(CCOc1ccccc1)Nc1ccc(Cl)c(C(F)(F)F)c1. The summed E-state index contributed by atoms with van der Waals surface area (Å²) in [5.74, 6) is 0.169. The molecule has 3 nitrogen and oxygen atoms in total. The van der Waals surface area contributed by atoms with Crippen molar-refractivity contribution in [3.63, 3.8) is 0 Å². The quantitative estimate of drug-likeness (QED) is 0.849. The van der Waals surface area contributed by atoms with E-state index in [-0.39, 0.29) is 18.7 Å². The lowest BCUT2D eigenvalue weighted by atomic mass is 10.2. The number of amides is 1. The second-order valence-corrected chi connectivity index (χ2v) is 5.06. The van der Waals surface area contributed by atoms with Gasteiger partial charge in [0.1, 0.15) is 5.75 Å². The molecular formula is C16H13ClF3NO2. The number of hydrogen-bond donors (Lipinski definition) is 1. The third-order valence-electron chi connectivity index (χ3n) is 2.90. The first-order chi connectivity index (χ1) is 10.9. The minimum absolute atomic E-state index is 0.0128. The Kier molecular flexibility index (Phi) is 5.50. The highest BCUT2D eigenvalue weighted by atomic mass is 35.5. The number of nitrogens with one attached hydrogen (secondary N) is 1. The molecule has 23 heavy (non-hydrogen) atoms. The van der Waals surface area contributed by atoms with Gasteiger partial charge in [-0.25, -0.2) is 0 Å². The Labute approximate surface area is 136 Å². The van der Waals surface area contributed by atoms with Crippen molar-refractivity contribution >= 4 is 23.2 Å². The van der Waals surface area contributed by atoms with Crippen LogP contribution in [0.4, 0.5) is 18.9 Å². The van der Waals surface area contributed by atoms with E-state index in [9.17, 15) is 18.0 Å². The molecule has 1 N–H and O–H groups in total. The van der Waals surface area contributed by atoms with Gasteiger partial charge < -0.3 is 10.1 Å². The standard InChI is InChI=1S/C16H13ClF3NO2/c17-14-7-6-11(10-13(14)16(18,19)20)21-15(22)8-9-23-12-4-2-1-3-5-12/h1-7,10H,8-9H2,(H,21,22).